The Kier molecular flexibility index (Phi) is 7.94. The summed E-state index contributed by atoms with van der Waals surface area (Å²) in [5.41, 5.74) is 0. The Morgan fingerprint density at radius 2 is 1.18 bits per heavy atom. The average molecular weight is 236 g/mol. The predicted octanol–water partition coefficient (Wildman–Crippen LogP) is 4.23. The Morgan fingerprint density at radius 3 is 1.59 bits per heavy atom. The van der Waals surface area contributed by atoms with Crippen molar-refractivity contribution in [1.29, 1.82) is 0 Å². The largest absolute Gasteiger partial charge is 0.346 e. The second-order valence-electron chi connectivity index (χ2n) is 4.91. The Balaban J connectivity index is 1.97. The maximum Gasteiger partial charge on any atom is 0.207 e. The molecule has 1 aliphatic heterocycles. The first-order valence-corrected chi connectivity index (χ1v) is 7.34. The molecule has 0 saturated heterocycles. The monoisotopic (exact) mass is 236 g/mol. The lowest BCUT2D eigenvalue weighted by molar-refractivity contribution is 0.331. The highest BCUT2D eigenvalue weighted by atomic mass is 15.3. The number of nitrogens with zero attached hydrogens (tertiary/aromatic N) is 2. The van der Waals surface area contributed by atoms with E-state index in [2.05, 4.69) is 42.7 Å². The first kappa shape index (κ1) is 14.4. The van der Waals surface area contributed by atoms with E-state index in [-0.39, 0.29) is 0 Å². The van der Waals surface area contributed by atoms with E-state index < -0.39 is 0 Å². The van der Waals surface area contributed by atoms with E-state index in [9.17, 15) is 0 Å². The summed E-state index contributed by atoms with van der Waals surface area (Å²) in [6.07, 6.45) is 14.9. The van der Waals surface area contributed by atoms with Gasteiger partial charge in [0.25, 0.3) is 0 Å². The maximum absolute atomic E-state index is 3.40. The van der Waals surface area contributed by atoms with E-state index in [1.807, 2.05) is 0 Å². The minimum atomic E-state index is 1.13. The van der Waals surface area contributed by atoms with Crippen LogP contribution in [0.25, 0.3) is 0 Å². The lowest BCUT2D eigenvalue weighted by Gasteiger charge is -2.18. The molecule has 0 N–H and O–H groups in total. The fourth-order valence-corrected chi connectivity index (χ4v) is 2.06. The molecule has 98 valence electrons. The van der Waals surface area contributed by atoms with Gasteiger partial charge in [-0.05, 0) is 12.8 Å². The van der Waals surface area contributed by atoms with Crippen molar-refractivity contribution in [2.24, 2.45) is 0 Å². The van der Waals surface area contributed by atoms with Crippen LogP contribution in [0.15, 0.2) is 12.4 Å². The van der Waals surface area contributed by atoms with Crippen molar-refractivity contribution in [3.05, 3.63) is 19.1 Å². The molecular weight excluding hydrogens is 208 g/mol. The van der Waals surface area contributed by atoms with Gasteiger partial charge in [0, 0.05) is 25.5 Å². The van der Waals surface area contributed by atoms with Gasteiger partial charge in [0.2, 0.25) is 6.67 Å². The van der Waals surface area contributed by atoms with Crippen LogP contribution in [0.2, 0.25) is 0 Å². The molecule has 0 aromatic carbocycles. The maximum atomic E-state index is 3.40. The highest BCUT2D eigenvalue weighted by Crippen LogP contribution is 2.14. The zero-order valence-electron chi connectivity index (χ0n) is 11.6. The fraction of sp³-hybridized carbons (Fsp3) is 0.800. The third kappa shape index (κ3) is 6.60. The Hall–Kier alpha value is -0.660. The summed E-state index contributed by atoms with van der Waals surface area (Å²) in [5, 5.41) is 0. The van der Waals surface area contributed by atoms with Gasteiger partial charge in [0.05, 0.1) is 0 Å². The van der Waals surface area contributed by atoms with Crippen molar-refractivity contribution in [2.45, 2.75) is 65.2 Å². The van der Waals surface area contributed by atoms with Gasteiger partial charge in [0.15, 0.2) is 0 Å². The molecule has 17 heavy (non-hydrogen) atoms. The highest BCUT2D eigenvalue weighted by Gasteiger charge is 2.13. The topological polar surface area (TPSA) is 6.48 Å². The molecule has 0 saturated carbocycles. The molecule has 0 atom stereocenters. The van der Waals surface area contributed by atoms with Gasteiger partial charge in [-0.15, -0.1) is 0 Å². The van der Waals surface area contributed by atoms with Crippen LogP contribution < -0.4 is 0 Å². The number of unbranched alkanes of at least 4 members (excludes halogenated alkanes) is 6. The summed E-state index contributed by atoms with van der Waals surface area (Å²) in [6, 6.07) is 0. The Bertz CT molecular complexity index is 181. The summed E-state index contributed by atoms with van der Waals surface area (Å²) in [7, 11) is 0. The molecule has 1 rings (SSSR count). The van der Waals surface area contributed by atoms with E-state index in [1.54, 1.807) is 0 Å². The van der Waals surface area contributed by atoms with Crippen molar-refractivity contribution >= 4 is 0 Å². The number of hydrogen-bond acceptors (Lipinski definition) is 2. The van der Waals surface area contributed by atoms with Gasteiger partial charge in [0.1, 0.15) is 0 Å². The summed E-state index contributed by atoms with van der Waals surface area (Å²) < 4.78 is 0. The van der Waals surface area contributed by atoms with Crippen LogP contribution in [-0.2, 0) is 0 Å². The van der Waals surface area contributed by atoms with Crippen LogP contribution in [-0.4, -0.2) is 22.9 Å². The molecule has 0 aromatic heterocycles. The second kappa shape index (κ2) is 9.38. The zero-order chi connectivity index (χ0) is 12.3. The van der Waals surface area contributed by atoms with Gasteiger partial charge < -0.3 is 9.80 Å². The molecule has 0 bridgehead atoms. The molecule has 2 nitrogen and oxygen atoms in total. The number of hydrogen-bond donors (Lipinski definition) is 0. The first-order chi connectivity index (χ1) is 8.36. The third-order valence-corrected chi connectivity index (χ3v) is 3.19. The van der Waals surface area contributed by atoms with Crippen molar-refractivity contribution in [1.82, 2.24) is 9.80 Å². The van der Waals surface area contributed by atoms with Gasteiger partial charge in [-0.3, -0.25) is 0 Å². The van der Waals surface area contributed by atoms with Crippen LogP contribution in [0.5, 0.6) is 0 Å². The molecule has 1 heterocycles. The molecule has 0 amide bonds. The molecule has 1 aliphatic rings. The summed E-state index contributed by atoms with van der Waals surface area (Å²) in [6.45, 7) is 10.2. The van der Waals surface area contributed by atoms with Crippen LogP contribution in [0.4, 0.5) is 0 Å². The lowest BCUT2D eigenvalue weighted by Crippen LogP contribution is -2.21. The quantitative estimate of drug-likeness (QED) is 0.524. The highest BCUT2D eigenvalue weighted by molar-refractivity contribution is 4.96. The summed E-state index contributed by atoms with van der Waals surface area (Å²) in [4.78, 5) is 4.41. The van der Waals surface area contributed by atoms with Gasteiger partial charge in [-0.1, -0.05) is 52.4 Å². The summed E-state index contributed by atoms with van der Waals surface area (Å²) >= 11 is 0. The Labute approximate surface area is 108 Å². The van der Waals surface area contributed by atoms with Crippen molar-refractivity contribution in [3.63, 3.8) is 0 Å². The third-order valence-electron chi connectivity index (χ3n) is 3.19. The molecule has 0 aromatic rings. The lowest BCUT2D eigenvalue weighted by atomic mass is 10.2. The first-order valence-electron chi connectivity index (χ1n) is 7.34. The minimum absolute atomic E-state index is 1.13. The van der Waals surface area contributed by atoms with E-state index >= 15 is 0 Å². The van der Waals surface area contributed by atoms with Crippen LogP contribution >= 0.6 is 0 Å². The van der Waals surface area contributed by atoms with Crippen LogP contribution in [0, 0.1) is 6.67 Å². The molecule has 2 heteroatoms. The minimum Gasteiger partial charge on any atom is -0.346 e. The SMILES string of the molecule is CCCCCCN1[C]N(CCCCCC)C=C1. The number of rotatable bonds is 10. The van der Waals surface area contributed by atoms with Gasteiger partial charge in [-0.25, -0.2) is 0 Å². The predicted molar refractivity (Wildman–Crippen MR) is 74.1 cm³/mol. The van der Waals surface area contributed by atoms with Crippen molar-refractivity contribution in [3.8, 4) is 0 Å². The van der Waals surface area contributed by atoms with Crippen molar-refractivity contribution < 1.29 is 0 Å². The van der Waals surface area contributed by atoms with E-state index in [4.69, 9.17) is 0 Å². The molecule has 0 spiro atoms. The average Bonchev–Trinajstić information content (AvgIpc) is 2.78. The molecule has 0 fully saturated rings. The molecular formula is C15H28N2. The standard InChI is InChI=1S/C15H28N2/c1-3-5-7-9-11-16-13-14-17(15-16)12-10-8-6-4-2/h13-14H,3-12H2,1-2H3. The zero-order valence-corrected chi connectivity index (χ0v) is 11.6. The normalized spacial score (nSPS) is 14.9. The van der Waals surface area contributed by atoms with Gasteiger partial charge >= 0.3 is 0 Å². The Morgan fingerprint density at radius 1 is 0.706 bits per heavy atom. The summed E-state index contributed by atoms with van der Waals surface area (Å²) in [5.74, 6) is 0. The van der Waals surface area contributed by atoms with Crippen LogP contribution in [0.1, 0.15) is 65.2 Å². The van der Waals surface area contributed by atoms with E-state index in [0.29, 0.717) is 0 Å². The molecule has 0 unspecified atom stereocenters. The van der Waals surface area contributed by atoms with Crippen LogP contribution in [0.3, 0.4) is 0 Å². The van der Waals surface area contributed by atoms with Gasteiger partial charge in [-0.2, -0.15) is 0 Å². The smallest absolute Gasteiger partial charge is 0.207 e. The van der Waals surface area contributed by atoms with E-state index in [0.717, 1.165) is 13.1 Å². The van der Waals surface area contributed by atoms with E-state index in [1.165, 1.54) is 51.4 Å². The van der Waals surface area contributed by atoms with Crippen molar-refractivity contribution in [2.75, 3.05) is 13.1 Å². The molecule has 2 radical (unpaired) electrons. The molecule has 0 aliphatic carbocycles. The second-order valence-corrected chi connectivity index (χ2v) is 4.91. The fourth-order valence-electron chi connectivity index (χ4n) is 2.06.